The lowest BCUT2D eigenvalue weighted by atomic mass is 9.69. The first kappa shape index (κ1) is 20.9. The molecule has 0 aromatic rings. The smallest absolute Gasteiger partial charge is 0.229 e. The molecule has 24 heavy (non-hydrogen) atoms. The van der Waals surface area contributed by atoms with Crippen molar-refractivity contribution in [2.45, 2.75) is 81.1 Å². The van der Waals surface area contributed by atoms with Crippen LogP contribution in [0.2, 0.25) is 0 Å². The van der Waals surface area contributed by atoms with Crippen LogP contribution in [0.3, 0.4) is 0 Å². The van der Waals surface area contributed by atoms with E-state index < -0.39 is 5.41 Å². The lowest BCUT2D eigenvalue weighted by Crippen LogP contribution is -2.52. The number of Topliss-reactive ketones (excluding diaryl/α,β-unsaturated/α-hetero) is 1. The van der Waals surface area contributed by atoms with E-state index >= 15 is 0 Å². The second-order valence-electron chi connectivity index (χ2n) is 9.54. The van der Waals surface area contributed by atoms with E-state index in [9.17, 15) is 14.4 Å². The number of likely N-dealkylation sites (tertiary alicyclic amines) is 1. The second-order valence-corrected chi connectivity index (χ2v) is 9.54. The van der Waals surface area contributed by atoms with Crippen molar-refractivity contribution in [1.29, 1.82) is 0 Å². The molecule has 4 nitrogen and oxygen atoms in total. The molecule has 1 aliphatic heterocycles. The third-order valence-corrected chi connectivity index (χ3v) is 5.69. The zero-order valence-corrected chi connectivity index (χ0v) is 16.8. The summed E-state index contributed by atoms with van der Waals surface area (Å²) in [6, 6.07) is 0. The van der Waals surface area contributed by atoms with E-state index in [1.165, 1.54) is 4.90 Å². The van der Waals surface area contributed by atoms with Crippen molar-refractivity contribution in [3.05, 3.63) is 0 Å². The third-order valence-electron chi connectivity index (χ3n) is 5.69. The predicted molar refractivity (Wildman–Crippen MR) is 96.4 cm³/mol. The number of rotatable bonds is 7. The van der Waals surface area contributed by atoms with Gasteiger partial charge in [-0.3, -0.25) is 19.3 Å². The zero-order valence-electron chi connectivity index (χ0n) is 16.8. The molecule has 0 radical (unpaired) electrons. The first-order chi connectivity index (χ1) is 10.7. The molecule has 2 amide bonds. The standard InChI is InChI=1S/C20H35NO3/c1-9-15(22)19(6,7)12-18(4,5)13-21-16(23)10-20(8,14(2)3)11-17(21)24/h14H,9-13H2,1-8H3. The van der Waals surface area contributed by atoms with Gasteiger partial charge in [0.1, 0.15) is 5.78 Å². The third kappa shape index (κ3) is 4.67. The van der Waals surface area contributed by atoms with E-state index in [2.05, 4.69) is 13.8 Å². The molecular formula is C20H35NO3. The summed E-state index contributed by atoms with van der Waals surface area (Å²) < 4.78 is 0. The number of hydrogen-bond acceptors (Lipinski definition) is 3. The van der Waals surface area contributed by atoms with Gasteiger partial charge in [0.25, 0.3) is 0 Å². The van der Waals surface area contributed by atoms with Crippen LogP contribution in [-0.2, 0) is 14.4 Å². The molecule has 0 spiro atoms. The molecule has 0 N–H and O–H groups in total. The highest BCUT2D eigenvalue weighted by Gasteiger charge is 2.44. The molecule has 0 saturated carbocycles. The predicted octanol–water partition coefficient (Wildman–Crippen LogP) is 4.22. The van der Waals surface area contributed by atoms with Crippen molar-refractivity contribution in [1.82, 2.24) is 4.90 Å². The summed E-state index contributed by atoms with van der Waals surface area (Å²) in [6.07, 6.45) is 2.01. The summed E-state index contributed by atoms with van der Waals surface area (Å²) in [7, 11) is 0. The Morgan fingerprint density at radius 2 is 1.58 bits per heavy atom. The van der Waals surface area contributed by atoms with Gasteiger partial charge in [0.2, 0.25) is 11.8 Å². The highest BCUT2D eigenvalue weighted by atomic mass is 16.2. The van der Waals surface area contributed by atoms with Gasteiger partial charge in [0.05, 0.1) is 0 Å². The summed E-state index contributed by atoms with van der Waals surface area (Å²) in [5.74, 6) is 0.367. The number of hydrogen-bond donors (Lipinski definition) is 0. The van der Waals surface area contributed by atoms with Crippen molar-refractivity contribution >= 4 is 17.6 Å². The van der Waals surface area contributed by atoms with E-state index in [4.69, 9.17) is 0 Å². The first-order valence-corrected chi connectivity index (χ1v) is 9.10. The SMILES string of the molecule is CCC(=O)C(C)(C)CC(C)(C)CN1C(=O)CC(C)(C(C)C)CC1=O. The fourth-order valence-electron chi connectivity index (χ4n) is 3.93. The van der Waals surface area contributed by atoms with Crippen LogP contribution in [0.1, 0.15) is 81.1 Å². The topological polar surface area (TPSA) is 54.5 Å². The molecule has 0 aromatic carbocycles. The molecule has 0 unspecified atom stereocenters. The number of piperidine rings is 1. The van der Waals surface area contributed by atoms with Gasteiger partial charge in [0.15, 0.2) is 0 Å². The van der Waals surface area contributed by atoms with Crippen LogP contribution in [0.4, 0.5) is 0 Å². The van der Waals surface area contributed by atoms with E-state index in [0.717, 1.165) is 0 Å². The van der Waals surface area contributed by atoms with Gasteiger partial charge < -0.3 is 0 Å². The number of nitrogens with zero attached hydrogens (tertiary/aromatic N) is 1. The van der Waals surface area contributed by atoms with Gasteiger partial charge in [-0.05, 0) is 23.2 Å². The summed E-state index contributed by atoms with van der Waals surface area (Å²) in [5, 5.41) is 0. The molecule has 1 saturated heterocycles. The van der Waals surface area contributed by atoms with E-state index in [1.54, 1.807) is 0 Å². The molecule has 0 bridgehead atoms. The zero-order chi connectivity index (χ0) is 18.9. The Kier molecular flexibility index (Phi) is 6.06. The van der Waals surface area contributed by atoms with Crippen molar-refractivity contribution in [3.63, 3.8) is 0 Å². The number of ketones is 1. The molecular weight excluding hydrogens is 302 g/mol. The van der Waals surface area contributed by atoms with Crippen LogP contribution in [0.15, 0.2) is 0 Å². The van der Waals surface area contributed by atoms with Crippen LogP contribution < -0.4 is 0 Å². The molecule has 0 aliphatic carbocycles. The number of amides is 2. The quantitative estimate of drug-likeness (QED) is 0.654. The number of carbonyl (C=O) groups excluding carboxylic acids is 3. The number of carbonyl (C=O) groups is 3. The largest absolute Gasteiger partial charge is 0.299 e. The lowest BCUT2D eigenvalue weighted by Gasteiger charge is -2.43. The van der Waals surface area contributed by atoms with Gasteiger partial charge in [-0.1, -0.05) is 55.4 Å². The van der Waals surface area contributed by atoms with Crippen LogP contribution in [0.25, 0.3) is 0 Å². The van der Waals surface area contributed by atoms with Crippen molar-refractivity contribution < 1.29 is 14.4 Å². The molecule has 4 heteroatoms. The molecule has 0 atom stereocenters. The molecule has 138 valence electrons. The highest BCUT2D eigenvalue weighted by molar-refractivity contribution is 5.98. The van der Waals surface area contributed by atoms with Gasteiger partial charge in [0, 0.05) is 31.2 Å². The normalized spacial score (nSPS) is 19.1. The Morgan fingerprint density at radius 1 is 1.12 bits per heavy atom. The average molecular weight is 338 g/mol. The fraction of sp³-hybridized carbons (Fsp3) is 0.850. The maximum atomic E-state index is 12.6. The van der Waals surface area contributed by atoms with Gasteiger partial charge in [-0.15, -0.1) is 0 Å². The maximum Gasteiger partial charge on any atom is 0.229 e. The van der Waals surface area contributed by atoms with E-state index in [-0.39, 0.29) is 28.4 Å². The van der Waals surface area contributed by atoms with Gasteiger partial charge >= 0.3 is 0 Å². The number of imide groups is 1. The monoisotopic (exact) mass is 337 g/mol. The molecule has 0 aromatic heterocycles. The summed E-state index contributed by atoms with van der Waals surface area (Å²) in [4.78, 5) is 38.8. The minimum Gasteiger partial charge on any atom is -0.299 e. The lowest BCUT2D eigenvalue weighted by molar-refractivity contribution is -0.156. The Bertz CT molecular complexity index is 499. The van der Waals surface area contributed by atoms with Gasteiger partial charge in [-0.2, -0.15) is 0 Å². The van der Waals surface area contributed by atoms with Gasteiger partial charge in [-0.25, -0.2) is 0 Å². The van der Waals surface area contributed by atoms with E-state index in [0.29, 0.717) is 38.1 Å². The first-order valence-electron chi connectivity index (χ1n) is 9.10. The minimum absolute atomic E-state index is 0.0739. The molecule has 1 aliphatic rings. The van der Waals surface area contributed by atoms with E-state index in [1.807, 2.05) is 41.5 Å². The van der Waals surface area contributed by atoms with Crippen LogP contribution in [0.5, 0.6) is 0 Å². The van der Waals surface area contributed by atoms with Crippen LogP contribution in [0, 0.1) is 22.2 Å². The molecule has 1 heterocycles. The fourth-order valence-corrected chi connectivity index (χ4v) is 3.93. The molecule has 1 fully saturated rings. The summed E-state index contributed by atoms with van der Waals surface area (Å²) >= 11 is 0. The Labute approximate surface area is 147 Å². The Hall–Kier alpha value is -1.19. The molecule has 1 rings (SSSR count). The second kappa shape index (κ2) is 6.97. The minimum atomic E-state index is -0.438. The van der Waals surface area contributed by atoms with Crippen LogP contribution in [-0.4, -0.2) is 29.0 Å². The summed E-state index contributed by atoms with van der Waals surface area (Å²) in [5.41, 5.74) is -0.968. The highest BCUT2D eigenvalue weighted by Crippen LogP contribution is 2.41. The Balaban J connectivity index is 2.87. The van der Waals surface area contributed by atoms with Crippen molar-refractivity contribution in [2.24, 2.45) is 22.2 Å². The van der Waals surface area contributed by atoms with Crippen molar-refractivity contribution in [2.75, 3.05) is 6.54 Å². The average Bonchev–Trinajstić information content (AvgIpc) is 2.40. The maximum absolute atomic E-state index is 12.6. The van der Waals surface area contributed by atoms with Crippen molar-refractivity contribution in [3.8, 4) is 0 Å². The Morgan fingerprint density at radius 3 is 1.96 bits per heavy atom. The summed E-state index contributed by atoms with van der Waals surface area (Å²) in [6.45, 7) is 16.4. The van der Waals surface area contributed by atoms with Crippen LogP contribution >= 0.6 is 0 Å².